The maximum atomic E-state index is 14.1. The Hall–Kier alpha value is -4.58. The van der Waals surface area contributed by atoms with E-state index in [1.165, 1.54) is 40.1 Å². The molecule has 216 valence electrons. The van der Waals surface area contributed by atoms with Crippen LogP contribution in [-0.2, 0) is 14.3 Å². The van der Waals surface area contributed by atoms with E-state index in [2.05, 4.69) is 4.99 Å². The van der Waals surface area contributed by atoms with Crippen molar-refractivity contribution in [3.8, 4) is 23.0 Å². The number of allylic oxidation sites excluding steroid dienone is 1. The lowest BCUT2D eigenvalue weighted by atomic mass is 9.95. The van der Waals surface area contributed by atoms with E-state index in [4.69, 9.17) is 28.4 Å². The molecular formula is C29H30N2O9S. The fraction of sp³-hybridized carbons (Fsp3) is 0.310. The Morgan fingerprint density at radius 1 is 0.976 bits per heavy atom. The predicted molar refractivity (Wildman–Crippen MR) is 151 cm³/mol. The zero-order chi connectivity index (χ0) is 29.8. The molecule has 12 heteroatoms. The van der Waals surface area contributed by atoms with Crippen LogP contribution in [0.15, 0.2) is 51.4 Å². The highest BCUT2D eigenvalue weighted by molar-refractivity contribution is 7.07. The number of hydrogen-bond acceptors (Lipinski definition) is 11. The van der Waals surface area contributed by atoms with E-state index in [-0.39, 0.29) is 28.0 Å². The SMILES string of the molecule is CCOC(=O)C1=C(C)N=c2s/c(=C/c3ccc(OC)c(OC)c3C(=O)OC)c(=O)n2[C@@H]1c1ccc(OC)cc1OC. The third-order valence-corrected chi connectivity index (χ3v) is 7.49. The average molecular weight is 583 g/mol. The van der Waals surface area contributed by atoms with Crippen molar-refractivity contribution in [3.63, 3.8) is 0 Å². The summed E-state index contributed by atoms with van der Waals surface area (Å²) in [6.07, 6.45) is 1.56. The summed E-state index contributed by atoms with van der Waals surface area (Å²) in [5.74, 6) is 0.184. The maximum absolute atomic E-state index is 14.1. The average Bonchev–Trinajstić information content (AvgIpc) is 3.29. The van der Waals surface area contributed by atoms with Crippen molar-refractivity contribution < 1.29 is 38.0 Å². The third kappa shape index (κ3) is 5.30. The van der Waals surface area contributed by atoms with Crippen LogP contribution in [0.25, 0.3) is 6.08 Å². The number of carbonyl (C=O) groups is 2. The van der Waals surface area contributed by atoms with Gasteiger partial charge in [0.1, 0.15) is 23.1 Å². The highest BCUT2D eigenvalue weighted by Crippen LogP contribution is 2.38. The first-order valence-electron chi connectivity index (χ1n) is 12.5. The Bertz CT molecular complexity index is 1720. The van der Waals surface area contributed by atoms with Gasteiger partial charge in [-0.1, -0.05) is 17.4 Å². The predicted octanol–water partition coefficient (Wildman–Crippen LogP) is 2.62. The van der Waals surface area contributed by atoms with Gasteiger partial charge in [-0.05, 0) is 43.7 Å². The number of thiazole rings is 1. The fourth-order valence-electron chi connectivity index (χ4n) is 4.65. The van der Waals surface area contributed by atoms with E-state index in [1.807, 2.05) is 0 Å². The Morgan fingerprint density at radius 2 is 1.71 bits per heavy atom. The van der Waals surface area contributed by atoms with Crippen LogP contribution in [-0.4, -0.2) is 58.7 Å². The first-order chi connectivity index (χ1) is 19.7. The topological polar surface area (TPSA) is 124 Å². The summed E-state index contributed by atoms with van der Waals surface area (Å²) in [4.78, 5) is 45.0. The number of benzene rings is 2. The summed E-state index contributed by atoms with van der Waals surface area (Å²) in [7, 11) is 7.13. The van der Waals surface area contributed by atoms with E-state index < -0.39 is 23.5 Å². The molecule has 0 fully saturated rings. The molecule has 0 radical (unpaired) electrons. The smallest absolute Gasteiger partial charge is 0.342 e. The standard InChI is InChI=1S/C29H30N2O9S/c1-8-40-28(34)22-15(2)30-29-31(24(22)18-11-10-17(35-3)14-20(18)37-5)26(32)21(41-29)13-16-9-12-19(36-4)25(38-6)23(16)27(33)39-7/h9-14,24H,8H2,1-7H3/b21-13+/t24-/m1/s1. The van der Waals surface area contributed by atoms with Gasteiger partial charge in [-0.2, -0.15) is 0 Å². The third-order valence-electron chi connectivity index (χ3n) is 6.51. The molecule has 0 N–H and O–H groups in total. The second-order valence-electron chi connectivity index (χ2n) is 8.67. The van der Waals surface area contributed by atoms with Gasteiger partial charge in [-0.15, -0.1) is 0 Å². The number of nitrogens with zero attached hydrogens (tertiary/aromatic N) is 2. The fourth-order valence-corrected chi connectivity index (χ4v) is 5.68. The van der Waals surface area contributed by atoms with Gasteiger partial charge in [0.25, 0.3) is 5.56 Å². The maximum Gasteiger partial charge on any atom is 0.342 e. The quantitative estimate of drug-likeness (QED) is 0.350. The summed E-state index contributed by atoms with van der Waals surface area (Å²) >= 11 is 1.11. The lowest BCUT2D eigenvalue weighted by molar-refractivity contribution is -0.139. The molecule has 1 aliphatic rings. The highest BCUT2D eigenvalue weighted by atomic mass is 32.1. The van der Waals surface area contributed by atoms with Gasteiger partial charge in [0.15, 0.2) is 16.3 Å². The summed E-state index contributed by atoms with van der Waals surface area (Å²) < 4.78 is 33.8. The minimum atomic E-state index is -0.904. The lowest BCUT2D eigenvalue weighted by Gasteiger charge is -2.26. The molecule has 0 amide bonds. The minimum Gasteiger partial charge on any atom is -0.497 e. The van der Waals surface area contributed by atoms with E-state index in [1.54, 1.807) is 50.3 Å². The molecular weight excluding hydrogens is 552 g/mol. The molecule has 0 bridgehead atoms. The second-order valence-corrected chi connectivity index (χ2v) is 9.68. The van der Waals surface area contributed by atoms with Crippen LogP contribution in [0, 0.1) is 0 Å². The summed E-state index contributed by atoms with van der Waals surface area (Å²) in [5.41, 5.74) is 1.18. The molecule has 2 aromatic carbocycles. The molecule has 3 aromatic rings. The molecule has 0 unspecified atom stereocenters. The van der Waals surface area contributed by atoms with Gasteiger partial charge in [0.05, 0.1) is 58.0 Å². The van der Waals surface area contributed by atoms with Gasteiger partial charge in [-0.3, -0.25) is 9.36 Å². The van der Waals surface area contributed by atoms with Gasteiger partial charge in [0.2, 0.25) is 0 Å². The van der Waals surface area contributed by atoms with Crippen molar-refractivity contribution >= 4 is 29.4 Å². The van der Waals surface area contributed by atoms with Crippen molar-refractivity contribution in [2.24, 2.45) is 4.99 Å². The van der Waals surface area contributed by atoms with Crippen LogP contribution in [0.2, 0.25) is 0 Å². The monoisotopic (exact) mass is 582 g/mol. The Morgan fingerprint density at radius 3 is 2.32 bits per heavy atom. The number of esters is 2. The van der Waals surface area contributed by atoms with Crippen LogP contribution >= 0.6 is 11.3 Å². The van der Waals surface area contributed by atoms with Crippen LogP contribution in [0.4, 0.5) is 0 Å². The molecule has 2 heterocycles. The van der Waals surface area contributed by atoms with Gasteiger partial charge in [0, 0.05) is 11.6 Å². The highest BCUT2D eigenvalue weighted by Gasteiger charge is 2.35. The number of fused-ring (bicyclic) bond motifs is 1. The van der Waals surface area contributed by atoms with E-state index in [9.17, 15) is 14.4 Å². The van der Waals surface area contributed by atoms with Crippen molar-refractivity contribution in [2.45, 2.75) is 19.9 Å². The second kappa shape index (κ2) is 12.3. The Balaban J connectivity index is 2.03. The molecule has 4 rings (SSSR count). The summed E-state index contributed by atoms with van der Waals surface area (Å²) in [6.45, 7) is 3.53. The molecule has 0 spiro atoms. The molecule has 1 atom stereocenters. The summed E-state index contributed by atoms with van der Waals surface area (Å²) in [5, 5.41) is 0. The number of aromatic nitrogens is 1. The van der Waals surface area contributed by atoms with Crippen LogP contribution in [0.3, 0.4) is 0 Å². The van der Waals surface area contributed by atoms with E-state index in [0.29, 0.717) is 38.9 Å². The van der Waals surface area contributed by atoms with Crippen molar-refractivity contribution in [3.05, 3.63) is 78.0 Å². The first kappa shape index (κ1) is 29.4. The normalized spacial score (nSPS) is 14.6. The number of methoxy groups -OCH3 is 5. The van der Waals surface area contributed by atoms with Crippen molar-refractivity contribution in [2.75, 3.05) is 42.2 Å². The Labute approximate surface area is 239 Å². The Kier molecular flexibility index (Phi) is 8.82. The van der Waals surface area contributed by atoms with Crippen LogP contribution < -0.4 is 33.8 Å². The molecule has 1 aliphatic heterocycles. The molecule has 0 saturated heterocycles. The minimum absolute atomic E-state index is 0.0944. The number of rotatable bonds is 9. The molecule has 0 aliphatic carbocycles. The van der Waals surface area contributed by atoms with Gasteiger partial charge in [-0.25, -0.2) is 14.6 Å². The van der Waals surface area contributed by atoms with Gasteiger partial charge >= 0.3 is 11.9 Å². The zero-order valence-corrected chi connectivity index (χ0v) is 24.5. The lowest BCUT2D eigenvalue weighted by Crippen LogP contribution is -2.40. The molecule has 0 saturated carbocycles. The number of hydrogen-bond donors (Lipinski definition) is 0. The van der Waals surface area contributed by atoms with Crippen molar-refractivity contribution in [1.82, 2.24) is 4.57 Å². The van der Waals surface area contributed by atoms with Gasteiger partial charge < -0.3 is 28.4 Å². The van der Waals surface area contributed by atoms with Crippen molar-refractivity contribution in [1.29, 1.82) is 0 Å². The van der Waals surface area contributed by atoms with E-state index in [0.717, 1.165) is 11.3 Å². The molecule has 1 aromatic heterocycles. The molecule has 41 heavy (non-hydrogen) atoms. The number of ether oxygens (including phenoxy) is 6. The number of carbonyl (C=O) groups excluding carboxylic acids is 2. The molecule has 11 nitrogen and oxygen atoms in total. The van der Waals surface area contributed by atoms with E-state index >= 15 is 0 Å². The first-order valence-corrected chi connectivity index (χ1v) is 13.3. The largest absolute Gasteiger partial charge is 0.497 e. The van der Waals surface area contributed by atoms with Crippen LogP contribution in [0.5, 0.6) is 23.0 Å². The summed E-state index contributed by atoms with van der Waals surface area (Å²) in [6, 6.07) is 7.49. The van der Waals surface area contributed by atoms with Crippen LogP contribution in [0.1, 0.15) is 41.4 Å². The zero-order valence-electron chi connectivity index (χ0n) is 23.7.